The van der Waals surface area contributed by atoms with Crippen LogP contribution >= 0.6 is 11.8 Å². The normalized spacial score (nSPS) is 17.4. The first kappa shape index (κ1) is 18.3. The molecule has 0 fully saturated rings. The van der Waals surface area contributed by atoms with Crippen LogP contribution in [0.25, 0.3) is 5.70 Å². The van der Waals surface area contributed by atoms with E-state index in [1.807, 2.05) is 24.3 Å². The first-order valence-electron chi connectivity index (χ1n) is 9.95. The average molecular weight is 398 g/mol. The monoisotopic (exact) mass is 397 g/mol. The van der Waals surface area contributed by atoms with Crippen LogP contribution in [0.4, 0.5) is 5.69 Å². The number of carbonyl (C=O) groups excluding carboxylic acids is 1. The number of nitrogens with one attached hydrogen (secondary N) is 1. The van der Waals surface area contributed by atoms with Crippen LogP contribution in [0.1, 0.15) is 49.0 Å². The summed E-state index contributed by atoms with van der Waals surface area (Å²) in [7, 11) is 0. The fourth-order valence-electron chi connectivity index (χ4n) is 4.42. The van der Waals surface area contributed by atoms with E-state index >= 15 is 0 Å². The molecule has 3 aromatic carbocycles. The van der Waals surface area contributed by atoms with E-state index in [4.69, 9.17) is 0 Å². The smallest absolute Gasteiger partial charge is 0.193 e. The van der Waals surface area contributed by atoms with Gasteiger partial charge < -0.3 is 5.32 Å². The van der Waals surface area contributed by atoms with Crippen molar-refractivity contribution >= 4 is 28.9 Å². The van der Waals surface area contributed by atoms with Gasteiger partial charge in [0.05, 0.1) is 16.6 Å². The predicted octanol–water partition coefficient (Wildman–Crippen LogP) is 6.79. The Labute approximate surface area is 176 Å². The van der Waals surface area contributed by atoms with Crippen molar-refractivity contribution in [2.45, 2.75) is 37.8 Å². The lowest BCUT2D eigenvalue weighted by molar-refractivity contribution is 0.103. The van der Waals surface area contributed by atoms with Crippen LogP contribution in [0.2, 0.25) is 0 Å². The number of aryl methyl sites for hydroxylation is 1. The van der Waals surface area contributed by atoms with E-state index in [1.165, 1.54) is 32.7 Å². The lowest BCUT2D eigenvalue weighted by Gasteiger charge is -2.22. The third kappa shape index (κ3) is 2.68. The van der Waals surface area contributed by atoms with E-state index in [2.05, 4.69) is 63.3 Å². The van der Waals surface area contributed by atoms with Crippen LogP contribution in [0, 0.1) is 27.7 Å². The zero-order chi connectivity index (χ0) is 20.3. The summed E-state index contributed by atoms with van der Waals surface area (Å²) in [6.07, 6.45) is 0. The maximum atomic E-state index is 13.6. The summed E-state index contributed by atoms with van der Waals surface area (Å²) in [5.41, 5.74) is 11.1. The molecule has 0 saturated heterocycles. The van der Waals surface area contributed by atoms with Crippen molar-refractivity contribution in [3.8, 4) is 0 Å². The summed E-state index contributed by atoms with van der Waals surface area (Å²) < 4.78 is 0. The minimum absolute atomic E-state index is 0.0425. The van der Waals surface area contributed by atoms with Crippen LogP contribution < -0.4 is 5.32 Å². The Kier molecular flexibility index (Phi) is 4.18. The molecule has 1 atom stereocenters. The number of hydrogen-bond acceptors (Lipinski definition) is 3. The van der Waals surface area contributed by atoms with Crippen LogP contribution in [0.3, 0.4) is 0 Å². The van der Waals surface area contributed by atoms with Gasteiger partial charge in [-0.05, 0) is 67.6 Å². The number of benzene rings is 3. The highest BCUT2D eigenvalue weighted by Gasteiger charge is 2.38. The second kappa shape index (κ2) is 6.64. The maximum absolute atomic E-state index is 13.6. The fraction of sp³-hybridized carbons (Fsp3) is 0.192. The van der Waals surface area contributed by atoms with E-state index < -0.39 is 0 Å². The minimum atomic E-state index is -0.0425. The summed E-state index contributed by atoms with van der Waals surface area (Å²) in [4.78, 5) is 14.7. The molecule has 1 heterocycles. The van der Waals surface area contributed by atoms with Crippen molar-refractivity contribution in [1.82, 2.24) is 0 Å². The molecule has 0 radical (unpaired) electrons. The molecule has 0 amide bonds. The van der Waals surface area contributed by atoms with Crippen molar-refractivity contribution < 1.29 is 4.79 Å². The minimum Gasteiger partial charge on any atom is -0.354 e. The Hall–Kier alpha value is -2.78. The van der Waals surface area contributed by atoms with Gasteiger partial charge in [-0.2, -0.15) is 0 Å². The summed E-state index contributed by atoms with van der Waals surface area (Å²) in [6.45, 7) is 8.73. The van der Waals surface area contributed by atoms with Gasteiger partial charge in [-0.3, -0.25) is 4.79 Å². The third-order valence-corrected chi connectivity index (χ3v) is 7.75. The second-order valence-corrected chi connectivity index (χ2v) is 9.09. The summed E-state index contributed by atoms with van der Waals surface area (Å²) in [5.74, 6) is 0.142. The van der Waals surface area contributed by atoms with E-state index in [0.29, 0.717) is 0 Å². The predicted molar refractivity (Wildman–Crippen MR) is 122 cm³/mol. The molecule has 2 aliphatic rings. The third-order valence-electron chi connectivity index (χ3n) is 6.41. The largest absolute Gasteiger partial charge is 0.354 e. The SMILES string of the molecule is Cc1cc([C@H]2Sc3ccccc3NC3=C2C(=O)c2ccccc23)c(C)c(C)c1C. The van der Waals surface area contributed by atoms with Crippen molar-refractivity contribution in [1.29, 1.82) is 0 Å². The highest BCUT2D eigenvalue weighted by atomic mass is 32.2. The van der Waals surface area contributed by atoms with Crippen molar-refractivity contribution in [3.05, 3.63) is 99.1 Å². The Morgan fingerprint density at radius 3 is 2.31 bits per heavy atom. The van der Waals surface area contributed by atoms with Crippen LogP contribution in [0.15, 0.2) is 65.1 Å². The Morgan fingerprint density at radius 2 is 1.52 bits per heavy atom. The molecule has 144 valence electrons. The molecule has 29 heavy (non-hydrogen) atoms. The molecule has 3 aromatic rings. The number of carbonyl (C=O) groups is 1. The summed E-state index contributed by atoms with van der Waals surface area (Å²) in [6, 6.07) is 18.6. The van der Waals surface area contributed by atoms with Crippen molar-refractivity contribution in [3.63, 3.8) is 0 Å². The number of thioether (sulfide) groups is 1. The van der Waals surface area contributed by atoms with Gasteiger partial charge in [-0.25, -0.2) is 0 Å². The maximum Gasteiger partial charge on any atom is 0.193 e. The zero-order valence-corrected chi connectivity index (χ0v) is 17.9. The van der Waals surface area contributed by atoms with Gasteiger partial charge in [-0.1, -0.05) is 42.5 Å². The molecule has 1 N–H and O–H groups in total. The Bertz CT molecular complexity index is 1220. The number of anilines is 1. The lowest BCUT2D eigenvalue weighted by atomic mass is 9.90. The second-order valence-electron chi connectivity index (χ2n) is 7.94. The molecule has 0 aromatic heterocycles. The standard InChI is InChI=1S/C26H23NOS/c1-14-13-20(17(4)16(3)15(14)2)26-23-24(18-9-5-6-10-19(18)25(23)28)27-21-11-7-8-12-22(21)29-26/h5-13,26-27H,1-4H3/t26-/m1/s1. The molecular weight excluding hydrogens is 374 g/mol. The molecule has 0 unspecified atom stereocenters. The fourth-order valence-corrected chi connectivity index (χ4v) is 5.79. The number of rotatable bonds is 1. The highest BCUT2D eigenvalue weighted by Crippen LogP contribution is 2.53. The van der Waals surface area contributed by atoms with Crippen LogP contribution in [0.5, 0.6) is 0 Å². The van der Waals surface area contributed by atoms with Gasteiger partial charge in [-0.15, -0.1) is 11.8 Å². The van der Waals surface area contributed by atoms with Gasteiger partial charge in [0.15, 0.2) is 5.78 Å². The van der Waals surface area contributed by atoms with Crippen LogP contribution in [-0.4, -0.2) is 5.78 Å². The molecule has 0 spiro atoms. The quantitative estimate of drug-likeness (QED) is 0.490. The Balaban J connectivity index is 1.80. The van der Waals surface area contributed by atoms with E-state index in [1.54, 1.807) is 11.8 Å². The topological polar surface area (TPSA) is 29.1 Å². The number of ketones is 1. The molecule has 0 bridgehead atoms. The first-order valence-corrected chi connectivity index (χ1v) is 10.8. The highest BCUT2D eigenvalue weighted by molar-refractivity contribution is 8.00. The molecular formula is C26H23NOS. The van der Waals surface area contributed by atoms with Gasteiger partial charge in [0.2, 0.25) is 0 Å². The molecule has 5 rings (SSSR count). The number of fused-ring (bicyclic) bond motifs is 3. The average Bonchev–Trinajstić information content (AvgIpc) is 2.90. The molecule has 0 saturated carbocycles. The van der Waals surface area contributed by atoms with Crippen molar-refractivity contribution in [2.24, 2.45) is 0 Å². The van der Waals surface area contributed by atoms with E-state index in [-0.39, 0.29) is 11.0 Å². The van der Waals surface area contributed by atoms with E-state index in [0.717, 1.165) is 28.1 Å². The zero-order valence-electron chi connectivity index (χ0n) is 17.1. The molecule has 1 aliphatic carbocycles. The lowest BCUT2D eigenvalue weighted by Crippen LogP contribution is -2.10. The van der Waals surface area contributed by atoms with Gasteiger partial charge in [0, 0.05) is 21.6 Å². The molecule has 1 aliphatic heterocycles. The number of Topliss-reactive ketones (excluding diaryl/α,β-unsaturated/α-hetero) is 1. The van der Waals surface area contributed by atoms with Gasteiger partial charge in [0.1, 0.15) is 0 Å². The number of hydrogen-bond donors (Lipinski definition) is 1. The molecule has 3 heteroatoms. The van der Waals surface area contributed by atoms with Crippen molar-refractivity contribution in [2.75, 3.05) is 5.32 Å². The summed E-state index contributed by atoms with van der Waals surface area (Å²) >= 11 is 1.78. The van der Waals surface area contributed by atoms with Crippen LogP contribution in [-0.2, 0) is 0 Å². The number of para-hydroxylation sites is 1. The van der Waals surface area contributed by atoms with Gasteiger partial charge >= 0.3 is 0 Å². The first-order chi connectivity index (χ1) is 14.0. The molecule has 2 nitrogen and oxygen atoms in total. The van der Waals surface area contributed by atoms with Gasteiger partial charge in [0.25, 0.3) is 0 Å². The summed E-state index contributed by atoms with van der Waals surface area (Å²) in [5, 5.41) is 3.56. The van der Waals surface area contributed by atoms with E-state index in [9.17, 15) is 4.79 Å². The Morgan fingerprint density at radius 1 is 0.828 bits per heavy atom.